The van der Waals surface area contributed by atoms with Gasteiger partial charge in [0.05, 0.1) is 38.1 Å². The van der Waals surface area contributed by atoms with E-state index in [4.69, 9.17) is 19.8 Å². The molecule has 5 rings (SSSR count). The van der Waals surface area contributed by atoms with Gasteiger partial charge in [-0.15, -0.1) is 0 Å². The summed E-state index contributed by atoms with van der Waals surface area (Å²) < 4.78 is 5.76. The molecule has 2 aliphatic heterocycles. The number of hydrogen-bond donors (Lipinski definition) is 3. The van der Waals surface area contributed by atoms with Crippen LogP contribution in [0.5, 0.6) is 0 Å². The van der Waals surface area contributed by atoms with E-state index in [9.17, 15) is 4.79 Å². The second-order valence-corrected chi connectivity index (χ2v) is 9.03. The van der Waals surface area contributed by atoms with Crippen LogP contribution in [0.3, 0.4) is 0 Å². The number of aromatic nitrogens is 4. The van der Waals surface area contributed by atoms with Gasteiger partial charge in [0, 0.05) is 48.8 Å². The summed E-state index contributed by atoms with van der Waals surface area (Å²) in [6.07, 6.45) is 5.29. The van der Waals surface area contributed by atoms with Crippen molar-refractivity contribution in [1.29, 1.82) is 0 Å². The van der Waals surface area contributed by atoms with Crippen LogP contribution in [0.1, 0.15) is 24.6 Å². The first-order chi connectivity index (χ1) is 18.2. The number of carbonyl (C=O) groups is 1. The summed E-state index contributed by atoms with van der Waals surface area (Å²) in [5.74, 6) is 2.32. The van der Waals surface area contributed by atoms with Gasteiger partial charge in [0.15, 0.2) is 5.82 Å². The molecule has 3 aromatic rings. The number of amides is 2. The van der Waals surface area contributed by atoms with E-state index in [1.165, 1.54) is 5.56 Å². The Morgan fingerprint density at radius 3 is 2.73 bits per heavy atom. The molecule has 0 unspecified atom stereocenters. The molecule has 4 heterocycles. The molecular weight excluding hydrogens is 472 g/mol. The van der Waals surface area contributed by atoms with Crippen LogP contribution in [0.4, 0.5) is 22.2 Å². The lowest BCUT2D eigenvalue weighted by Crippen LogP contribution is -2.47. The molecule has 0 saturated carbocycles. The van der Waals surface area contributed by atoms with Crippen LogP contribution in [-0.2, 0) is 17.7 Å². The maximum absolute atomic E-state index is 11.9. The Morgan fingerprint density at radius 2 is 1.97 bits per heavy atom. The van der Waals surface area contributed by atoms with E-state index in [0.717, 1.165) is 43.0 Å². The van der Waals surface area contributed by atoms with Gasteiger partial charge in [0.2, 0.25) is 5.95 Å². The number of nitrogens with zero attached hydrogens (tertiary/aromatic N) is 6. The highest BCUT2D eigenvalue weighted by molar-refractivity contribution is 5.89. The quantitative estimate of drug-likeness (QED) is 0.444. The van der Waals surface area contributed by atoms with E-state index >= 15 is 0 Å². The van der Waals surface area contributed by atoms with Gasteiger partial charge in [0.25, 0.3) is 0 Å². The molecule has 11 heteroatoms. The molecule has 0 spiro atoms. The van der Waals surface area contributed by atoms with Crippen molar-refractivity contribution in [2.45, 2.75) is 32.4 Å². The first kappa shape index (κ1) is 24.8. The predicted octanol–water partition coefficient (Wildman–Crippen LogP) is 2.23. The molecule has 37 heavy (non-hydrogen) atoms. The number of benzene rings is 1. The van der Waals surface area contributed by atoms with Crippen LogP contribution in [0.15, 0.2) is 42.7 Å². The highest BCUT2D eigenvalue weighted by atomic mass is 16.5. The summed E-state index contributed by atoms with van der Waals surface area (Å²) in [5.41, 5.74) is 3.66. The Labute approximate surface area is 215 Å². The van der Waals surface area contributed by atoms with Gasteiger partial charge in [-0.3, -0.25) is 0 Å². The van der Waals surface area contributed by atoms with Crippen molar-refractivity contribution in [1.82, 2.24) is 25.3 Å². The molecule has 1 fully saturated rings. The lowest BCUT2D eigenvalue weighted by Gasteiger charge is -2.39. The monoisotopic (exact) mass is 504 g/mol. The van der Waals surface area contributed by atoms with Gasteiger partial charge in [0.1, 0.15) is 5.82 Å². The van der Waals surface area contributed by atoms with E-state index in [2.05, 4.69) is 37.3 Å². The van der Waals surface area contributed by atoms with E-state index in [0.29, 0.717) is 37.2 Å². The molecule has 1 aromatic carbocycles. The number of anilines is 3. The summed E-state index contributed by atoms with van der Waals surface area (Å²) in [6.45, 7) is 5.82. The van der Waals surface area contributed by atoms with E-state index in [1.54, 1.807) is 12.4 Å². The Bertz CT molecular complexity index is 1210. The van der Waals surface area contributed by atoms with E-state index in [1.807, 2.05) is 30.3 Å². The van der Waals surface area contributed by atoms with Gasteiger partial charge >= 0.3 is 6.03 Å². The van der Waals surface area contributed by atoms with Crippen LogP contribution in [0, 0.1) is 0 Å². The fraction of sp³-hybridized carbons (Fsp3) is 0.423. The summed E-state index contributed by atoms with van der Waals surface area (Å²) >= 11 is 0. The Kier molecular flexibility index (Phi) is 7.71. The van der Waals surface area contributed by atoms with Gasteiger partial charge < -0.3 is 30.3 Å². The molecule has 0 bridgehead atoms. The number of hydrogen-bond acceptors (Lipinski definition) is 9. The SMILES string of the molecule is CC[C@H]1COCCN1c1nc(-c2ccc(NC(=O)NCCO)cc2)nc2c1CCN(c1ncccn1)C2. The van der Waals surface area contributed by atoms with Crippen LogP contribution >= 0.6 is 0 Å². The number of aliphatic hydroxyl groups excluding tert-OH is 1. The second kappa shape index (κ2) is 11.5. The van der Waals surface area contributed by atoms with Crippen LogP contribution in [0.25, 0.3) is 11.4 Å². The minimum Gasteiger partial charge on any atom is -0.395 e. The van der Waals surface area contributed by atoms with Crippen molar-refractivity contribution < 1.29 is 14.6 Å². The van der Waals surface area contributed by atoms with Crippen molar-refractivity contribution in [2.75, 3.05) is 54.6 Å². The van der Waals surface area contributed by atoms with Crippen molar-refractivity contribution in [2.24, 2.45) is 0 Å². The van der Waals surface area contributed by atoms with Crippen LogP contribution in [0.2, 0.25) is 0 Å². The summed E-state index contributed by atoms with van der Waals surface area (Å²) in [7, 11) is 0. The molecule has 1 atom stereocenters. The largest absolute Gasteiger partial charge is 0.395 e. The number of carbonyl (C=O) groups excluding carboxylic acids is 1. The highest BCUT2D eigenvalue weighted by Crippen LogP contribution is 2.33. The third-order valence-electron chi connectivity index (χ3n) is 6.65. The van der Waals surface area contributed by atoms with E-state index < -0.39 is 0 Å². The predicted molar refractivity (Wildman–Crippen MR) is 141 cm³/mol. The maximum Gasteiger partial charge on any atom is 0.319 e. The zero-order valence-corrected chi connectivity index (χ0v) is 20.9. The molecule has 2 aliphatic rings. The molecule has 1 saturated heterocycles. The topological polar surface area (TPSA) is 129 Å². The lowest BCUT2D eigenvalue weighted by molar-refractivity contribution is 0.0924. The first-order valence-corrected chi connectivity index (χ1v) is 12.7. The Hall–Kier alpha value is -3.83. The number of morpholine rings is 1. The van der Waals surface area contributed by atoms with Crippen molar-refractivity contribution in [3.8, 4) is 11.4 Å². The number of ether oxygens (including phenoxy) is 1. The fourth-order valence-corrected chi connectivity index (χ4v) is 4.72. The van der Waals surface area contributed by atoms with Gasteiger partial charge in [-0.05, 0) is 43.2 Å². The Morgan fingerprint density at radius 1 is 1.16 bits per heavy atom. The third-order valence-corrected chi connectivity index (χ3v) is 6.65. The minimum absolute atomic E-state index is 0.111. The number of fused-ring (bicyclic) bond motifs is 1. The minimum atomic E-state index is -0.365. The summed E-state index contributed by atoms with van der Waals surface area (Å²) in [6, 6.07) is 9.18. The smallest absolute Gasteiger partial charge is 0.319 e. The first-order valence-electron chi connectivity index (χ1n) is 12.7. The number of nitrogens with one attached hydrogen (secondary N) is 2. The summed E-state index contributed by atoms with van der Waals surface area (Å²) in [5, 5.41) is 14.2. The molecular formula is C26H32N8O3. The number of aliphatic hydroxyl groups is 1. The van der Waals surface area contributed by atoms with Crippen LogP contribution < -0.4 is 20.4 Å². The molecule has 3 N–H and O–H groups in total. The van der Waals surface area contributed by atoms with Gasteiger partial charge in [-0.1, -0.05) is 6.92 Å². The van der Waals surface area contributed by atoms with Crippen molar-refractivity contribution >= 4 is 23.5 Å². The van der Waals surface area contributed by atoms with Gasteiger partial charge in [-0.25, -0.2) is 24.7 Å². The maximum atomic E-state index is 11.9. The second-order valence-electron chi connectivity index (χ2n) is 9.03. The highest BCUT2D eigenvalue weighted by Gasteiger charge is 2.30. The normalized spacial score (nSPS) is 17.3. The summed E-state index contributed by atoms with van der Waals surface area (Å²) in [4.78, 5) is 35.4. The Balaban J connectivity index is 1.48. The average Bonchev–Trinajstić information content (AvgIpc) is 2.96. The lowest BCUT2D eigenvalue weighted by atomic mass is 10.0. The average molecular weight is 505 g/mol. The zero-order valence-electron chi connectivity index (χ0n) is 20.9. The van der Waals surface area contributed by atoms with E-state index in [-0.39, 0.29) is 25.2 Å². The standard InChI is InChI=1S/C26H32N8O3/c1-2-20-17-37-15-13-34(20)24-21-8-12-33(25-27-9-3-10-28-25)16-22(21)31-23(32-24)18-4-6-19(7-5-18)30-26(36)29-11-14-35/h3-7,9-10,20,35H,2,8,11-17H2,1H3,(H2,29,30,36)/t20-/m0/s1. The molecule has 2 aromatic heterocycles. The number of rotatable bonds is 7. The third kappa shape index (κ3) is 5.62. The number of urea groups is 1. The fourth-order valence-electron chi connectivity index (χ4n) is 4.72. The van der Waals surface area contributed by atoms with Crippen molar-refractivity contribution in [3.63, 3.8) is 0 Å². The molecule has 2 amide bonds. The van der Waals surface area contributed by atoms with Gasteiger partial charge in [-0.2, -0.15) is 0 Å². The van der Waals surface area contributed by atoms with Crippen molar-refractivity contribution in [3.05, 3.63) is 54.0 Å². The molecule has 194 valence electrons. The molecule has 0 aliphatic carbocycles. The molecule has 11 nitrogen and oxygen atoms in total. The zero-order chi connectivity index (χ0) is 25.6. The molecule has 0 radical (unpaired) electrons. The van der Waals surface area contributed by atoms with Crippen LogP contribution in [-0.4, -0.2) is 76.6 Å².